The van der Waals surface area contributed by atoms with Crippen LogP contribution in [-0.4, -0.2) is 15.9 Å². The van der Waals surface area contributed by atoms with Gasteiger partial charge in [-0.3, -0.25) is 0 Å². The Labute approximate surface area is 138 Å². The molecule has 2 heteroatoms. The molecule has 0 aliphatic carbocycles. The normalized spacial score (nSPS) is 17.8. The van der Waals surface area contributed by atoms with Crippen molar-refractivity contribution in [2.24, 2.45) is 0 Å². The molecule has 0 atom stereocenters. The van der Waals surface area contributed by atoms with Gasteiger partial charge in [0.2, 0.25) is 0 Å². The van der Waals surface area contributed by atoms with Crippen LogP contribution in [-0.2, 0) is 0 Å². The lowest BCUT2D eigenvalue weighted by atomic mass is 9.91. The molecule has 0 unspecified atom stereocenters. The van der Waals surface area contributed by atoms with Gasteiger partial charge in [0, 0.05) is 11.3 Å². The molecule has 122 valence electrons. The highest BCUT2D eigenvalue weighted by atomic mass is 31.1. The maximum Gasteiger partial charge on any atom is 0.0505 e. The molecule has 1 N–H and O–H groups in total. The molecule has 0 spiro atoms. The van der Waals surface area contributed by atoms with E-state index in [0.29, 0.717) is 10.3 Å². The van der Waals surface area contributed by atoms with Gasteiger partial charge in [0.1, 0.15) is 0 Å². The van der Waals surface area contributed by atoms with Crippen LogP contribution in [0.25, 0.3) is 5.57 Å². The van der Waals surface area contributed by atoms with Crippen molar-refractivity contribution in [3.63, 3.8) is 0 Å². The molecule has 1 aromatic carbocycles. The minimum Gasteiger partial charge on any atom is -0.376 e. The van der Waals surface area contributed by atoms with Gasteiger partial charge < -0.3 is 5.32 Å². The van der Waals surface area contributed by atoms with E-state index in [9.17, 15) is 0 Å². The summed E-state index contributed by atoms with van der Waals surface area (Å²) in [5.74, 6) is 0. The van der Waals surface area contributed by atoms with E-state index in [1.54, 1.807) is 0 Å². The predicted molar refractivity (Wildman–Crippen MR) is 104 cm³/mol. The lowest BCUT2D eigenvalue weighted by Crippen LogP contribution is -2.33. The molecule has 2 rings (SSSR count). The van der Waals surface area contributed by atoms with Gasteiger partial charge >= 0.3 is 0 Å². The molecular weight excluding hydrogens is 285 g/mol. The third-order valence-corrected chi connectivity index (χ3v) is 7.54. The molecule has 0 aromatic heterocycles. The second kappa shape index (κ2) is 5.38. The monoisotopic (exact) mass is 317 g/mol. The number of rotatable bonds is 1. The summed E-state index contributed by atoms with van der Waals surface area (Å²) in [6.45, 7) is 21.0. The highest BCUT2D eigenvalue weighted by Crippen LogP contribution is 2.58. The predicted octanol–water partition coefficient (Wildman–Crippen LogP) is 6.00. The van der Waals surface area contributed by atoms with Crippen molar-refractivity contribution < 1.29 is 0 Å². The van der Waals surface area contributed by atoms with Crippen molar-refractivity contribution in [2.45, 2.75) is 78.2 Å². The zero-order valence-electron chi connectivity index (χ0n) is 15.8. The van der Waals surface area contributed by atoms with Crippen LogP contribution in [0.1, 0.15) is 67.9 Å². The lowest BCUT2D eigenvalue weighted by Gasteiger charge is -2.42. The fourth-order valence-corrected chi connectivity index (χ4v) is 7.93. The van der Waals surface area contributed by atoms with E-state index in [1.807, 2.05) is 0 Å². The van der Waals surface area contributed by atoms with E-state index in [-0.39, 0.29) is 13.5 Å². The van der Waals surface area contributed by atoms with E-state index in [4.69, 9.17) is 0 Å². The Hall–Kier alpha value is -0.810. The quantitative estimate of drug-likeness (QED) is 0.626. The second-order valence-electron chi connectivity index (χ2n) is 9.08. The largest absolute Gasteiger partial charge is 0.376 e. The summed E-state index contributed by atoms with van der Waals surface area (Å²) >= 11 is 0. The number of hydrogen-bond acceptors (Lipinski definition) is 1. The number of fused-ring (bicyclic) bond motifs is 1. The average molecular weight is 317 g/mol. The Morgan fingerprint density at radius 3 is 2.00 bits per heavy atom. The zero-order valence-corrected chi connectivity index (χ0v) is 16.7. The summed E-state index contributed by atoms with van der Waals surface area (Å²) in [5.41, 5.74) is 4.07. The van der Waals surface area contributed by atoms with Gasteiger partial charge in [-0.2, -0.15) is 0 Å². The third kappa shape index (κ3) is 3.57. The standard InChI is InChI=1S/C20H32NP/c1-14-13-20(8,9)21-17-11-10-15(12-16(14)17)22(18(2,3)4)19(5,6)7/h10-13,21H,1-9H3. The molecule has 1 aromatic rings. The van der Waals surface area contributed by atoms with Gasteiger partial charge in [0.15, 0.2) is 0 Å². The number of nitrogens with one attached hydrogen (secondary N) is 1. The fourth-order valence-electron chi connectivity index (χ4n) is 3.89. The van der Waals surface area contributed by atoms with E-state index in [1.165, 1.54) is 22.1 Å². The molecule has 0 radical (unpaired) electrons. The van der Waals surface area contributed by atoms with Gasteiger partial charge in [-0.15, -0.1) is 0 Å². The van der Waals surface area contributed by atoms with E-state index in [2.05, 4.69) is 91.9 Å². The SMILES string of the molecule is CC1=CC(C)(C)Nc2ccc(P(C(C)(C)C)C(C)(C)C)cc21. The molecule has 0 bridgehead atoms. The zero-order chi connectivity index (χ0) is 16.9. The number of allylic oxidation sites excluding steroid dienone is 1. The van der Waals surface area contributed by atoms with Gasteiger partial charge in [0.05, 0.1) is 5.54 Å². The van der Waals surface area contributed by atoms with Crippen LogP contribution < -0.4 is 10.6 Å². The first-order valence-corrected chi connectivity index (χ1v) is 9.58. The molecule has 22 heavy (non-hydrogen) atoms. The first-order chi connectivity index (χ1) is 9.81. The van der Waals surface area contributed by atoms with E-state index in [0.717, 1.165) is 0 Å². The van der Waals surface area contributed by atoms with Crippen LogP contribution in [0.15, 0.2) is 24.3 Å². The van der Waals surface area contributed by atoms with Crippen molar-refractivity contribution in [1.82, 2.24) is 0 Å². The fraction of sp³-hybridized carbons (Fsp3) is 0.600. The minimum absolute atomic E-state index is 0.0391. The first kappa shape index (κ1) is 17.5. The summed E-state index contributed by atoms with van der Waals surface area (Å²) in [5, 5.41) is 5.77. The molecule has 0 saturated heterocycles. The molecule has 1 aliphatic heterocycles. The van der Waals surface area contributed by atoms with Crippen LogP contribution in [0, 0.1) is 0 Å². The molecule has 1 heterocycles. The van der Waals surface area contributed by atoms with Gasteiger partial charge in [-0.05, 0) is 54.1 Å². The summed E-state index contributed by atoms with van der Waals surface area (Å²) in [6, 6.07) is 7.07. The Bertz CT molecular complexity index is 583. The third-order valence-electron chi connectivity index (χ3n) is 4.06. The highest BCUT2D eigenvalue weighted by Gasteiger charge is 2.36. The van der Waals surface area contributed by atoms with Crippen molar-refractivity contribution in [1.29, 1.82) is 0 Å². The van der Waals surface area contributed by atoms with Gasteiger partial charge in [0.25, 0.3) is 0 Å². The van der Waals surface area contributed by atoms with Crippen molar-refractivity contribution in [2.75, 3.05) is 5.32 Å². The smallest absolute Gasteiger partial charge is 0.0505 e. The summed E-state index contributed by atoms with van der Waals surface area (Å²) in [6.07, 6.45) is 2.34. The maximum atomic E-state index is 3.64. The van der Waals surface area contributed by atoms with Crippen molar-refractivity contribution in [3.8, 4) is 0 Å². The Kier molecular flexibility index (Phi) is 4.29. The van der Waals surface area contributed by atoms with Crippen LogP contribution in [0.4, 0.5) is 5.69 Å². The molecule has 0 amide bonds. The van der Waals surface area contributed by atoms with Crippen LogP contribution in [0.5, 0.6) is 0 Å². The first-order valence-electron chi connectivity index (χ1n) is 8.24. The van der Waals surface area contributed by atoms with E-state index < -0.39 is 0 Å². The molecule has 1 aliphatic rings. The number of hydrogen-bond donors (Lipinski definition) is 1. The Morgan fingerprint density at radius 2 is 1.50 bits per heavy atom. The summed E-state index contributed by atoms with van der Waals surface area (Å²) in [4.78, 5) is 0. The van der Waals surface area contributed by atoms with Crippen molar-refractivity contribution in [3.05, 3.63) is 29.8 Å². The lowest BCUT2D eigenvalue weighted by molar-refractivity contribution is 0.707. The van der Waals surface area contributed by atoms with Gasteiger partial charge in [-0.25, -0.2) is 0 Å². The molecule has 0 fully saturated rings. The van der Waals surface area contributed by atoms with Crippen molar-refractivity contribution >= 4 is 24.5 Å². The summed E-state index contributed by atoms with van der Waals surface area (Å²) in [7, 11) is -0.251. The number of anilines is 1. The topological polar surface area (TPSA) is 12.0 Å². The highest BCUT2D eigenvalue weighted by molar-refractivity contribution is 7.68. The van der Waals surface area contributed by atoms with E-state index >= 15 is 0 Å². The molecular formula is C20H32NP. The molecule has 0 saturated carbocycles. The second-order valence-corrected chi connectivity index (χ2v) is 13.0. The van der Waals surface area contributed by atoms with Crippen LogP contribution in [0.2, 0.25) is 0 Å². The average Bonchev–Trinajstić information content (AvgIpc) is 2.24. The maximum absolute atomic E-state index is 3.64. The van der Waals surface area contributed by atoms with Crippen LogP contribution >= 0.6 is 7.92 Å². The Morgan fingerprint density at radius 1 is 0.955 bits per heavy atom. The van der Waals surface area contributed by atoms with Gasteiger partial charge in [-0.1, -0.05) is 61.6 Å². The molecule has 1 nitrogen and oxygen atoms in total. The summed E-state index contributed by atoms with van der Waals surface area (Å²) < 4.78 is 0. The minimum atomic E-state index is -0.251. The Balaban J connectivity index is 2.54. The van der Waals surface area contributed by atoms with Crippen LogP contribution in [0.3, 0.4) is 0 Å². The number of benzene rings is 1.